The molecule has 0 radical (unpaired) electrons. The number of hydrogen-bond acceptors (Lipinski definition) is 3. The summed E-state index contributed by atoms with van der Waals surface area (Å²) in [7, 11) is 1.61. The molecule has 2 aromatic rings. The van der Waals surface area contributed by atoms with E-state index in [1.807, 2.05) is 54.6 Å². The number of nitrogens with one attached hydrogen (secondary N) is 1. The number of rotatable bonds is 5. The molecule has 0 aromatic heterocycles. The lowest BCUT2D eigenvalue weighted by Crippen LogP contribution is -2.23. The summed E-state index contributed by atoms with van der Waals surface area (Å²) in [5.41, 5.74) is 1.95. The molecule has 0 saturated heterocycles. The molecule has 104 valence electrons. The maximum Gasteiger partial charge on any atom is 0.407 e. The molecule has 0 saturated carbocycles. The third-order valence-electron chi connectivity index (χ3n) is 2.81. The van der Waals surface area contributed by atoms with Gasteiger partial charge in [-0.25, -0.2) is 4.79 Å². The van der Waals surface area contributed by atoms with Crippen LogP contribution in [0.15, 0.2) is 54.6 Å². The lowest BCUT2D eigenvalue weighted by atomic mass is 10.2. The van der Waals surface area contributed by atoms with E-state index in [2.05, 4.69) is 5.32 Å². The molecule has 0 heterocycles. The van der Waals surface area contributed by atoms with E-state index in [1.54, 1.807) is 7.11 Å². The minimum atomic E-state index is -0.426. The van der Waals surface area contributed by atoms with Crippen molar-refractivity contribution in [2.45, 2.75) is 13.2 Å². The van der Waals surface area contributed by atoms with Crippen LogP contribution in [-0.2, 0) is 17.9 Å². The van der Waals surface area contributed by atoms with E-state index in [4.69, 9.17) is 9.47 Å². The first-order valence-electron chi connectivity index (χ1n) is 6.35. The van der Waals surface area contributed by atoms with Gasteiger partial charge in [0.1, 0.15) is 12.4 Å². The van der Waals surface area contributed by atoms with Crippen molar-refractivity contribution in [3.8, 4) is 5.75 Å². The van der Waals surface area contributed by atoms with Crippen molar-refractivity contribution >= 4 is 6.09 Å². The van der Waals surface area contributed by atoms with Crippen molar-refractivity contribution in [1.29, 1.82) is 0 Å². The summed E-state index contributed by atoms with van der Waals surface area (Å²) < 4.78 is 10.2. The zero-order valence-corrected chi connectivity index (χ0v) is 11.3. The van der Waals surface area contributed by atoms with Crippen LogP contribution in [0.25, 0.3) is 0 Å². The SMILES string of the molecule is COc1ccc(COC(=O)NCc2ccccc2)cc1. The summed E-state index contributed by atoms with van der Waals surface area (Å²) in [4.78, 5) is 11.6. The summed E-state index contributed by atoms with van der Waals surface area (Å²) in [6.45, 7) is 0.701. The second-order valence-electron chi connectivity index (χ2n) is 4.26. The number of alkyl carbamates (subject to hydrolysis) is 1. The summed E-state index contributed by atoms with van der Waals surface area (Å²) >= 11 is 0. The van der Waals surface area contributed by atoms with Gasteiger partial charge in [-0.2, -0.15) is 0 Å². The molecule has 0 spiro atoms. The van der Waals surface area contributed by atoms with Crippen molar-refractivity contribution < 1.29 is 14.3 Å². The first kappa shape index (κ1) is 13.9. The normalized spacial score (nSPS) is 9.85. The Morgan fingerprint density at radius 1 is 1.00 bits per heavy atom. The van der Waals surface area contributed by atoms with E-state index in [9.17, 15) is 4.79 Å². The van der Waals surface area contributed by atoms with Crippen LogP contribution in [-0.4, -0.2) is 13.2 Å². The molecule has 0 unspecified atom stereocenters. The molecule has 0 fully saturated rings. The largest absolute Gasteiger partial charge is 0.497 e. The lowest BCUT2D eigenvalue weighted by molar-refractivity contribution is 0.139. The fraction of sp³-hybridized carbons (Fsp3) is 0.188. The van der Waals surface area contributed by atoms with Gasteiger partial charge in [0.15, 0.2) is 0 Å². The van der Waals surface area contributed by atoms with E-state index in [0.29, 0.717) is 6.54 Å². The van der Waals surface area contributed by atoms with Gasteiger partial charge in [-0.3, -0.25) is 0 Å². The maximum absolute atomic E-state index is 11.6. The number of carbonyl (C=O) groups excluding carboxylic acids is 1. The van der Waals surface area contributed by atoms with Crippen molar-refractivity contribution in [3.63, 3.8) is 0 Å². The van der Waals surface area contributed by atoms with Gasteiger partial charge in [-0.1, -0.05) is 42.5 Å². The zero-order chi connectivity index (χ0) is 14.2. The predicted molar refractivity (Wildman–Crippen MR) is 76.5 cm³/mol. The summed E-state index contributed by atoms with van der Waals surface area (Å²) in [6.07, 6.45) is -0.426. The monoisotopic (exact) mass is 271 g/mol. The molecule has 4 heteroatoms. The first-order valence-corrected chi connectivity index (χ1v) is 6.35. The van der Waals surface area contributed by atoms with Gasteiger partial charge in [0, 0.05) is 6.54 Å². The zero-order valence-electron chi connectivity index (χ0n) is 11.3. The quantitative estimate of drug-likeness (QED) is 0.909. The Bertz CT molecular complexity index is 537. The number of benzene rings is 2. The number of ether oxygens (including phenoxy) is 2. The molecule has 4 nitrogen and oxygen atoms in total. The van der Waals surface area contributed by atoms with Gasteiger partial charge in [0.2, 0.25) is 0 Å². The van der Waals surface area contributed by atoms with Gasteiger partial charge >= 0.3 is 6.09 Å². The van der Waals surface area contributed by atoms with Crippen LogP contribution >= 0.6 is 0 Å². The molecule has 2 rings (SSSR count). The van der Waals surface area contributed by atoms with E-state index in [0.717, 1.165) is 16.9 Å². The Labute approximate surface area is 118 Å². The summed E-state index contributed by atoms with van der Waals surface area (Å²) in [5.74, 6) is 0.780. The summed E-state index contributed by atoms with van der Waals surface area (Å²) in [6, 6.07) is 17.1. The van der Waals surface area contributed by atoms with Gasteiger partial charge < -0.3 is 14.8 Å². The molecular weight excluding hydrogens is 254 g/mol. The number of hydrogen-bond donors (Lipinski definition) is 1. The standard InChI is InChI=1S/C16H17NO3/c1-19-15-9-7-14(8-10-15)12-20-16(18)17-11-13-5-3-2-4-6-13/h2-10H,11-12H2,1H3,(H,17,18). The topological polar surface area (TPSA) is 47.6 Å². The molecule has 0 aliphatic rings. The second-order valence-corrected chi connectivity index (χ2v) is 4.26. The smallest absolute Gasteiger partial charge is 0.407 e. The average Bonchev–Trinajstić information content (AvgIpc) is 2.52. The Morgan fingerprint density at radius 3 is 2.35 bits per heavy atom. The Kier molecular flexibility index (Phi) is 5.00. The fourth-order valence-electron chi connectivity index (χ4n) is 1.69. The number of methoxy groups -OCH3 is 1. The van der Waals surface area contributed by atoms with Crippen molar-refractivity contribution in [2.24, 2.45) is 0 Å². The molecule has 1 N–H and O–H groups in total. The molecule has 1 amide bonds. The Balaban J connectivity index is 1.74. The third kappa shape index (κ3) is 4.31. The van der Waals surface area contributed by atoms with Crippen LogP contribution in [0.2, 0.25) is 0 Å². The minimum absolute atomic E-state index is 0.241. The van der Waals surface area contributed by atoms with E-state index >= 15 is 0 Å². The van der Waals surface area contributed by atoms with Crippen molar-refractivity contribution in [2.75, 3.05) is 7.11 Å². The van der Waals surface area contributed by atoms with Crippen LogP contribution in [0.5, 0.6) is 5.75 Å². The Morgan fingerprint density at radius 2 is 1.70 bits per heavy atom. The number of carbonyl (C=O) groups is 1. The van der Waals surface area contributed by atoms with Crippen LogP contribution < -0.4 is 10.1 Å². The highest BCUT2D eigenvalue weighted by molar-refractivity contribution is 5.67. The van der Waals surface area contributed by atoms with Crippen LogP contribution in [0.1, 0.15) is 11.1 Å². The van der Waals surface area contributed by atoms with Gasteiger partial charge in [0.05, 0.1) is 7.11 Å². The van der Waals surface area contributed by atoms with Crippen LogP contribution in [0.3, 0.4) is 0 Å². The van der Waals surface area contributed by atoms with E-state index < -0.39 is 6.09 Å². The van der Waals surface area contributed by atoms with Crippen molar-refractivity contribution in [1.82, 2.24) is 5.32 Å². The highest BCUT2D eigenvalue weighted by atomic mass is 16.5. The predicted octanol–water partition coefficient (Wildman–Crippen LogP) is 3.12. The Hall–Kier alpha value is -2.49. The molecule has 20 heavy (non-hydrogen) atoms. The van der Waals surface area contributed by atoms with Crippen molar-refractivity contribution in [3.05, 3.63) is 65.7 Å². The van der Waals surface area contributed by atoms with Gasteiger partial charge in [0.25, 0.3) is 0 Å². The molecule has 2 aromatic carbocycles. The van der Waals surface area contributed by atoms with Crippen LogP contribution in [0.4, 0.5) is 4.79 Å². The van der Waals surface area contributed by atoms with Gasteiger partial charge in [-0.05, 0) is 23.3 Å². The van der Waals surface area contributed by atoms with E-state index in [-0.39, 0.29) is 6.61 Å². The molecule has 0 atom stereocenters. The molecular formula is C16H17NO3. The maximum atomic E-state index is 11.6. The molecule has 0 aliphatic heterocycles. The highest BCUT2D eigenvalue weighted by Gasteiger charge is 2.02. The average molecular weight is 271 g/mol. The van der Waals surface area contributed by atoms with E-state index in [1.165, 1.54) is 0 Å². The van der Waals surface area contributed by atoms with Gasteiger partial charge in [-0.15, -0.1) is 0 Å². The minimum Gasteiger partial charge on any atom is -0.497 e. The summed E-state index contributed by atoms with van der Waals surface area (Å²) in [5, 5.41) is 2.71. The molecule has 0 bridgehead atoms. The fourth-order valence-corrected chi connectivity index (χ4v) is 1.69. The highest BCUT2D eigenvalue weighted by Crippen LogP contribution is 2.11. The lowest BCUT2D eigenvalue weighted by Gasteiger charge is -2.07. The number of amides is 1. The first-order chi connectivity index (χ1) is 9.78. The second kappa shape index (κ2) is 7.19. The third-order valence-corrected chi connectivity index (χ3v) is 2.81. The molecule has 0 aliphatic carbocycles. The van der Waals surface area contributed by atoms with Crippen LogP contribution in [0, 0.1) is 0 Å².